The van der Waals surface area contributed by atoms with E-state index in [0.717, 1.165) is 25.8 Å². The van der Waals surface area contributed by atoms with E-state index in [1.807, 2.05) is 43.3 Å². The molecular weight excluding hydrogens is 424 g/mol. The lowest BCUT2D eigenvalue weighted by Gasteiger charge is -2.10. The van der Waals surface area contributed by atoms with Crippen molar-refractivity contribution in [3.63, 3.8) is 0 Å². The molecule has 1 N–H and O–H groups in total. The molecule has 0 aliphatic heterocycles. The van der Waals surface area contributed by atoms with Crippen LogP contribution in [0, 0.1) is 0 Å². The maximum Gasteiger partial charge on any atom is 0.161 e. The highest BCUT2D eigenvalue weighted by molar-refractivity contribution is 9.11. The molecule has 4 nitrogen and oxygen atoms in total. The van der Waals surface area contributed by atoms with Crippen molar-refractivity contribution in [3.05, 3.63) is 56.5 Å². The van der Waals surface area contributed by atoms with Crippen LogP contribution in [0.3, 0.4) is 0 Å². The van der Waals surface area contributed by atoms with Gasteiger partial charge in [-0.2, -0.15) is 5.10 Å². The van der Waals surface area contributed by atoms with Gasteiger partial charge in [-0.05, 0) is 42.8 Å². The van der Waals surface area contributed by atoms with E-state index < -0.39 is 0 Å². The standard InChI is InChI=1S/C17H18Br2N2O2/c1-11(14-9-13(18)5-6-15(14)19)21-20-10-12-4-7-16(22-2)17(8-12)23-3/h4-9,20H,10H2,1-3H3/b21-11-. The van der Waals surface area contributed by atoms with Crippen LogP contribution in [-0.2, 0) is 6.54 Å². The summed E-state index contributed by atoms with van der Waals surface area (Å²) in [6.07, 6.45) is 0. The molecule has 0 bridgehead atoms. The van der Waals surface area contributed by atoms with Gasteiger partial charge in [0.05, 0.1) is 26.5 Å². The van der Waals surface area contributed by atoms with Gasteiger partial charge in [-0.3, -0.25) is 0 Å². The fourth-order valence-corrected chi connectivity index (χ4v) is 2.97. The van der Waals surface area contributed by atoms with Crippen LogP contribution < -0.4 is 14.9 Å². The van der Waals surface area contributed by atoms with Crippen molar-refractivity contribution in [2.24, 2.45) is 5.10 Å². The van der Waals surface area contributed by atoms with Gasteiger partial charge >= 0.3 is 0 Å². The fraction of sp³-hybridized carbons (Fsp3) is 0.235. The van der Waals surface area contributed by atoms with Gasteiger partial charge < -0.3 is 14.9 Å². The van der Waals surface area contributed by atoms with Crippen LogP contribution in [0.25, 0.3) is 0 Å². The Morgan fingerprint density at radius 3 is 2.48 bits per heavy atom. The first kappa shape index (κ1) is 17.8. The predicted octanol–water partition coefficient (Wildman–Crippen LogP) is 4.74. The Morgan fingerprint density at radius 2 is 1.78 bits per heavy atom. The molecule has 0 fully saturated rings. The average Bonchev–Trinajstić information content (AvgIpc) is 2.56. The highest BCUT2D eigenvalue weighted by Crippen LogP contribution is 2.27. The van der Waals surface area contributed by atoms with Crippen LogP contribution in [0.15, 0.2) is 50.4 Å². The van der Waals surface area contributed by atoms with Gasteiger partial charge in [0, 0.05) is 14.5 Å². The Labute approximate surface area is 153 Å². The van der Waals surface area contributed by atoms with Crippen molar-refractivity contribution in [3.8, 4) is 11.5 Å². The van der Waals surface area contributed by atoms with Gasteiger partial charge in [0.1, 0.15) is 0 Å². The number of hydrogen-bond donors (Lipinski definition) is 1. The van der Waals surface area contributed by atoms with Crippen LogP contribution in [0.2, 0.25) is 0 Å². The van der Waals surface area contributed by atoms with Crippen LogP contribution in [0.5, 0.6) is 11.5 Å². The zero-order valence-electron chi connectivity index (χ0n) is 13.2. The van der Waals surface area contributed by atoms with E-state index in [1.54, 1.807) is 14.2 Å². The molecule has 0 aliphatic carbocycles. The van der Waals surface area contributed by atoms with Crippen molar-refractivity contribution < 1.29 is 9.47 Å². The van der Waals surface area contributed by atoms with E-state index in [2.05, 4.69) is 42.4 Å². The SMILES string of the molecule is COc1ccc(CN/N=C(/C)c2cc(Br)ccc2Br)cc1OC. The summed E-state index contributed by atoms with van der Waals surface area (Å²) in [5, 5.41) is 4.43. The molecule has 0 unspecified atom stereocenters. The smallest absolute Gasteiger partial charge is 0.161 e. The van der Waals surface area contributed by atoms with E-state index in [-0.39, 0.29) is 0 Å². The minimum Gasteiger partial charge on any atom is -0.493 e. The first-order chi connectivity index (χ1) is 11.0. The Balaban J connectivity index is 2.07. The van der Waals surface area contributed by atoms with Crippen LogP contribution >= 0.6 is 31.9 Å². The second-order valence-corrected chi connectivity index (χ2v) is 6.62. The summed E-state index contributed by atoms with van der Waals surface area (Å²) in [5.41, 5.74) is 6.10. The number of hydrazone groups is 1. The number of nitrogens with zero attached hydrogens (tertiary/aromatic N) is 1. The molecule has 0 radical (unpaired) electrons. The Bertz CT molecular complexity index is 718. The van der Waals surface area contributed by atoms with Crippen molar-refractivity contribution >= 4 is 37.6 Å². The van der Waals surface area contributed by atoms with Gasteiger partial charge in [-0.1, -0.05) is 37.9 Å². The number of benzene rings is 2. The van der Waals surface area contributed by atoms with Crippen molar-refractivity contribution in [2.75, 3.05) is 14.2 Å². The van der Waals surface area contributed by atoms with Crippen LogP contribution in [0.1, 0.15) is 18.1 Å². The largest absolute Gasteiger partial charge is 0.493 e. The molecule has 0 saturated heterocycles. The molecule has 23 heavy (non-hydrogen) atoms. The summed E-state index contributed by atoms with van der Waals surface area (Å²) in [6.45, 7) is 2.57. The summed E-state index contributed by atoms with van der Waals surface area (Å²) < 4.78 is 12.6. The van der Waals surface area contributed by atoms with E-state index in [4.69, 9.17) is 9.47 Å². The third-order valence-electron chi connectivity index (χ3n) is 3.30. The monoisotopic (exact) mass is 440 g/mol. The molecule has 0 aliphatic rings. The molecule has 0 spiro atoms. The maximum atomic E-state index is 5.30. The number of methoxy groups -OCH3 is 2. The lowest BCUT2D eigenvalue weighted by molar-refractivity contribution is 0.354. The van der Waals surface area contributed by atoms with E-state index >= 15 is 0 Å². The quantitative estimate of drug-likeness (QED) is 0.519. The lowest BCUT2D eigenvalue weighted by atomic mass is 10.1. The van der Waals surface area contributed by atoms with Gasteiger partial charge in [0.25, 0.3) is 0 Å². The van der Waals surface area contributed by atoms with Gasteiger partial charge in [0.15, 0.2) is 11.5 Å². The zero-order chi connectivity index (χ0) is 16.8. The van der Waals surface area contributed by atoms with Crippen molar-refractivity contribution in [1.29, 1.82) is 0 Å². The number of ether oxygens (including phenoxy) is 2. The summed E-state index contributed by atoms with van der Waals surface area (Å²) >= 11 is 7.02. The number of hydrogen-bond acceptors (Lipinski definition) is 4. The topological polar surface area (TPSA) is 42.8 Å². The van der Waals surface area contributed by atoms with Crippen LogP contribution in [-0.4, -0.2) is 19.9 Å². The second-order valence-electron chi connectivity index (χ2n) is 4.85. The second kappa shape index (κ2) is 8.36. The minimum atomic E-state index is 0.601. The highest BCUT2D eigenvalue weighted by atomic mass is 79.9. The molecule has 2 aromatic carbocycles. The van der Waals surface area contributed by atoms with Gasteiger partial charge in [0.2, 0.25) is 0 Å². The molecular formula is C17H18Br2N2O2. The maximum absolute atomic E-state index is 5.30. The number of halogens is 2. The van der Waals surface area contributed by atoms with E-state index in [9.17, 15) is 0 Å². The van der Waals surface area contributed by atoms with E-state index in [1.165, 1.54) is 0 Å². The van der Waals surface area contributed by atoms with Crippen molar-refractivity contribution in [2.45, 2.75) is 13.5 Å². The third kappa shape index (κ3) is 4.72. The molecule has 0 atom stereocenters. The summed E-state index contributed by atoms with van der Waals surface area (Å²) in [6, 6.07) is 11.8. The molecule has 0 amide bonds. The molecule has 0 heterocycles. The first-order valence-electron chi connectivity index (χ1n) is 6.98. The normalized spacial score (nSPS) is 11.3. The number of rotatable bonds is 6. The van der Waals surface area contributed by atoms with Gasteiger partial charge in [-0.15, -0.1) is 0 Å². The first-order valence-corrected chi connectivity index (χ1v) is 8.57. The zero-order valence-corrected chi connectivity index (χ0v) is 16.4. The Morgan fingerprint density at radius 1 is 1.04 bits per heavy atom. The molecule has 6 heteroatoms. The summed E-state index contributed by atoms with van der Waals surface area (Å²) in [4.78, 5) is 0. The molecule has 2 aromatic rings. The van der Waals surface area contributed by atoms with Crippen LogP contribution in [0.4, 0.5) is 0 Å². The lowest BCUT2D eigenvalue weighted by Crippen LogP contribution is -2.10. The molecule has 0 saturated carbocycles. The Hall–Kier alpha value is -1.53. The summed E-state index contributed by atoms with van der Waals surface area (Å²) in [7, 11) is 3.25. The summed E-state index contributed by atoms with van der Waals surface area (Å²) in [5.74, 6) is 1.43. The average molecular weight is 442 g/mol. The molecule has 2 rings (SSSR count). The number of nitrogens with one attached hydrogen (secondary N) is 1. The molecule has 0 aromatic heterocycles. The van der Waals surface area contributed by atoms with Crippen molar-refractivity contribution in [1.82, 2.24) is 5.43 Å². The minimum absolute atomic E-state index is 0.601. The fourth-order valence-electron chi connectivity index (χ4n) is 2.07. The predicted molar refractivity (Wildman–Crippen MR) is 100 cm³/mol. The third-order valence-corrected chi connectivity index (χ3v) is 4.48. The van der Waals surface area contributed by atoms with Gasteiger partial charge in [-0.25, -0.2) is 0 Å². The van der Waals surface area contributed by atoms with E-state index in [0.29, 0.717) is 18.0 Å². The molecule has 122 valence electrons. The Kier molecular flexibility index (Phi) is 6.47. The highest BCUT2D eigenvalue weighted by Gasteiger charge is 2.06.